The second kappa shape index (κ2) is 10.9. The molecule has 7 nitrogen and oxygen atoms in total. The molecule has 0 radical (unpaired) electrons. The third-order valence-corrected chi connectivity index (χ3v) is 5.97. The van der Waals surface area contributed by atoms with Crippen LogP contribution in [0, 0.1) is 0 Å². The lowest BCUT2D eigenvalue weighted by atomic mass is 9.87. The summed E-state index contributed by atoms with van der Waals surface area (Å²) in [6.45, 7) is 7.22. The van der Waals surface area contributed by atoms with Crippen molar-refractivity contribution < 1.29 is 23.9 Å². The van der Waals surface area contributed by atoms with Crippen molar-refractivity contribution in [2.45, 2.75) is 26.2 Å². The maximum atomic E-state index is 13.0. The van der Waals surface area contributed by atoms with Gasteiger partial charge in [0.05, 0.1) is 5.69 Å². The van der Waals surface area contributed by atoms with E-state index in [4.69, 9.17) is 21.1 Å². The lowest BCUT2D eigenvalue weighted by Crippen LogP contribution is -2.54. The minimum Gasteiger partial charge on any atom is -0.490 e. The first-order valence-electron chi connectivity index (χ1n) is 11.7. The number of halogens is 1. The van der Waals surface area contributed by atoms with Crippen molar-refractivity contribution in [2.75, 3.05) is 18.1 Å². The van der Waals surface area contributed by atoms with Crippen LogP contribution in [-0.4, -0.2) is 31.1 Å². The lowest BCUT2D eigenvalue weighted by molar-refractivity contribution is -0.122. The number of barbiturate groups is 1. The van der Waals surface area contributed by atoms with Crippen LogP contribution in [0.3, 0.4) is 0 Å². The molecule has 4 amide bonds. The highest BCUT2D eigenvalue weighted by molar-refractivity contribution is 6.39. The number of hydrogen-bond donors (Lipinski definition) is 1. The molecule has 3 aromatic rings. The number of nitrogens with one attached hydrogen (secondary N) is 1. The largest absolute Gasteiger partial charge is 0.490 e. The number of hydrogen-bond acceptors (Lipinski definition) is 5. The number of carbonyl (C=O) groups is 3. The average molecular weight is 519 g/mol. The van der Waals surface area contributed by atoms with Gasteiger partial charge in [-0.1, -0.05) is 56.6 Å². The predicted octanol–water partition coefficient (Wildman–Crippen LogP) is 5.76. The topological polar surface area (TPSA) is 84.9 Å². The van der Waals surface area contributed by atoms with Crippen LogP contribution in [0.1, 0.15) is 31.9 Å². The maximum Gasteiger partial charge on any atom is 0.335 e. The van der Waals surface area contributed by atoms with Crippen LogP contribution in [0.4, 0.5) is 10.5 Å². The van der Waals surface area contributed by atoms with Crippen molar-refractivity contribution in [1.29, 1.82) is 0 Å². The van der Waals surface area contributed by atoms with Crippen molar-refractivity contribution in [3.8, 4) is 11.5 Å². The number of amides is 4. The van der Waals surface area contributed by atoms with Crippen LogP contribution in [0.2, 0.25) is 5.02 Å². The first-order valence-corrected chi connectivity index (χ1v) is 12.1. The van der Waals surface area contributed by atoms with Crippen LogP contribution in [0.25, 0.3) is 6.08 Å². The van der Waals surface area contributed by atoms with E-state index in [1.165, 1.54) is 23.8 Å². The highest BCUT2D eigenvalue weighted by Crippen LogP contribution is 2.25. The monoisotopic (exact) mass is 518 g/mol. The van der Waals surface area contributed by atoms with E-state index in [1.807, 2.05) is 12.1 Å². The fraction of sp³-hybridized carbons (Fsp3) is 0.207. The molecular formula is C29H27ClN2O5. The number of benzene rings is 3. The summed E-state index contributed by atoms with van der Waals surface area (Å²) in [4.78, 5) is 38.5. The molecule has 1 heterocycles. The molecule has 4 rings (SSSR count). The van der Waals surface area contributed by atoms with E-state index in [-0.39, 0.29) is 11.0 Å². The summed E-state index contributed by atoms with van der Waals surface area (Å²) in [5.41, 5.74) is 2.08. The highest BCUT2D eigenvalue weighted by Gasteiger charge is 2.36. The van der Waals surface area contributed by atoms with E-state index in [2.05, 4.69) is 38.2 Å². The molecule has 1 fully saturated rings. The summed E-state index contributed by atoms with van der Waals surface area (Å²) in [6.07, 6.45) is 1.43. The smallest absolute Gasteiger partial charge is 0.335 e. The van der Waals surface area contributed by atoms with Gasteiger partial charge in [0.15, 0.2) is 0 Å². The van der Waals surface area contributed by atoms with Crippen molar-refractivity contribution in [3.63, 3.8) is 0 Å². The van der Waals surface area contributed by atoms with Crippen LogP contribution in [0.15, 0.2) is 78.4 Å². The zero-order valence-corrected chi connectivity index (χ0v) is 21.5. The van der Waals surface area contributed by atoms with E-state index in [9.17, 15) is 14.4 Å². The second-order valence-corrected chi connectivity index (χ2v) is 9.91. The van der Waals surface area contributed by atoms with Gasteiger partial charge in [0.2, 0.25) is 0 Å². The van der Waals surface area contributed by atoms with Crippen molar-refractivity contribution in [3.05, 3.63) is 94.5 Å². The van der Waals surface area contributed by atoms with Gasteiger partial charge >= 0.3 is 6.03 Å². The van der Waals surface area contributed by atoms with Gasteiger partial charge in [-0.3, -0.25) is 14.9 Å². The Morgan fingerprint density at radius 3 is 1.89 bits per heavy atom. The number of nitrogens with zero attached hydrogens (tertiary/aromatic N) is 1. The van der Waals surface area contributed by atoms with Gasteiger partial charge < -0.3 is 9.47 Å². The minimum absolute atomic E-state index is 0.0886. The molecule has 1 saturated heterocycles. The molecule has 0 unspecified atom stereocenters. The molecule has 1 aliphatic heterocycles. The molecule has 1 aliphatic rings. The Bertz CT molecular complexity index is 1320. The Morgan fingerprint density at radius 1 is 0.811 bits per heavy atom. The Morgan fingerprint density at radius 2 is 1.35 bits per heavy atom. The Kier molecular flexibility index (Phi) is 7.64. The highest BCUT2D eigenvalue weighted by atomic mass is 35.5. The van der Waals surface area contributed by atoms with Crippen LogP contribution < -0.4 is 19.7 Å². The first kappa shape index (κ1) is 26.0. The molecule has 1 N–H and O–H groups in total. The molecule has 0 saturated carbocycles. The molecule has 0 bridgehead atoms. The Labute approximate surface area is 220 Å². The van der Waals surface area contributed by atoms with Gasteiger partial charge in [-0.2, -0.15) is 0 Å². The lowest BCUT2D eigenvalue weighted by Gasteiger charge is -2.26. The van der Waals surface area contributed by atoms with E-state index < -0.39 is 17.8 Å². The van der Waals surface area contributed by atoms with Crippen LogP contribution in [0.5, 0.6) is 11.5 Å². The standard InChI is InChI=1S/C29H27ClN2O5/c1-29(2,3)20-6-14-24(15-7-20)37-17-16-36-23-12-4-19(5-13-23)18-25-26(33)31-28(35)32(27(25)34)22-10-8-21(30)9-11-22/h4-15,18H,16-17H2,1-3H3,(H,31,33,35)/b25-18-. The summed E-state index contributed by atoms with van der Waals surface area (Å²) in [6, 6.07) is 20.3. The van der Waals surface area contributed by atoms with E-state index in [1.54, 1.807) is 36.4 Å². The molecule has 8 heteroatoms. The van der Waals surface area contributed by atoms with Gasteiger partial charge in [-0.15, -0.1) is 0 Å². The third-order valence-electron chi connectivity index (χ3n) is 5.72. The van der Waals surface area contributed by atoms with Gasteiger partial charge in [0.25, 0.3) is 11.8 Å². The van der Waals surface area contributed by atoms with E-state index in [0.29, 0.717) is 35.2 Å². The molecule has 0 aromatic heterocycles. The first-order chi connectivity index (χ1) is 17.6. The SMILES string of the molecule is CC(C)(C)c1ccc(OCCOc2ccc(/C=C3/C(=O)NC(=O)N(c4ccc(Cl)cc4)C3=O)cc2)cc1. The zero-order valence-electron chi connectivity index (χ0n) is 20.8. The van der Waals surface area contributed by atoms with Crippen LogP contribution in [-0.2, 0) is 15.0 Å². The number of rotatable bonds is 7. The summed E-state index contributed by atoms with van der Waals surface area (Å²) in [7, 11) is 0. The molecule has 0 spiro atoms. The summed E-state index contributed by atoms with van der Waals surface area (Å²) in [5.74, 6) is -0.0800. The molecule has 3 aromatic carbocycles. The summed E-state index contributed by atoms with van der Waals surface area (Å²) < 4.78 is 11.5. The number of ether oxygens (including phenoxy) is 2. The normalized spacial score (nSPS) is 15.1. The zero-order chi connectivity index (χ0) is 26.6. The Balaban J connectivity index is 1.35. The van der Waals surface area contributed by atoms with Gasteiger partial charge in [-0.05, 0) is 71.1 Å². The maximum absolute atomic E-state index is 13.0. The van der Waals surface area contributed by atoms with Crippen LogP contribution >= 0.6 is 11.6 Å². The van der Waals surface area contributed by atoms with Gasteiger partial charge in [0, 0.05) is 5.02 Å². The van der Waals surface area contributed by atoms with Crippen molar-refractivity contribution >= 4 is 41.2 Å². The van der Waals surface area contributed by atoms with Gasteiger partial charge in [-0.25, -0.2) is 9.69 Å². The second-order valence-electron chi connectivity index (χ2n) is 9.47. The Hall–Kier alpha value is -4.10. The molecule has 190 valence electrons. The fourth-order valence-electron chi connectivity index (χ4n) is 3.68. The molecular weight excluding hydrogens is 492 g/mol. The average Bonchev–Trinajstić information content (AvgIpc) is 2.86. The number of carbonyl (C=O) groups excluding carboxylic acids is 3. The number of anilines is 1. The fourth-order valence-corrected chi connectivity index (χ4v) is 3.81. The van der Waals surface area contributed by atoms with E-state index >= 15 is 0 Å². The number of imide groups is 2. The predicted molar refractivity (Wildman–Crippen MR) is 143 cm³/mol. The molecule has 0 atom stereocenters. The van der Waals surface area contributed by atoms with Crippen molar-refractivity contribution in [1.82, 2.24) is 5.32 Å². The third kappa shape index (κ3) is 6.37. The van der Waals surface area contributed by atoms with E-state index in [0.717, 1.165) is 10.6 Å². The minimum atomic E-state index is -0.814. The summed E-state index contributed by atoms with van der Waals surface area (Å²) in [5, 5.41) is 2.66. The van der Waals surface area contributed by atoms with Crippen molar-refractivity contribution in [2.24, 2.45) is 0 Å². The van der Waals surface area contributed by atoms with Gasteiger partial charge in [0.1, 0.15) is 30.3 Å². The molecule has 37 heavy (non-hydrogen) atoms. The molecule has 0 aliphatic carbocycles. The summed E-state index contributed by atoms with van der Waals surface area (Å²) >= 11 is 5.90. The quantitative estimate of drug-likeness (QED) is 0.244. The number of urea groups is 1.